The van der Waals surface area contributed by atoms with Crippen LogP contribution in [0.5, 0.6) is 0 Å². The van der Waals surface area contributed by atoms with Crippen molar-refractivity contribution in [2.24, 2.45) is 0 Å². The highest BCUT2D eigenvalue weighted by molar-refractivity contribution is 6.30. The Labute approximate surface area is 168 Å². The van der Waals surface area contributed by atoms with Crippen LogP contribution >= 0.6 is 11.6 Å². The number of ether oxygens (including phenoxy) is 1. The molecule has 28 heavy (non-hydrogen) atoms. The molecule has 1 aromatic heterocycles. The molecule has 4 rings (SSSR count). The third-order valence-corrected chi connectivity index (χ3v) is 4.99. The summed E-state index contributed by atoms with van der Waals surface area (Å²) in [5.41, 5.74) is 4.50. The van der Waals surface area contributed by atoms with Crippen LogP contribution in [0.2, 0.25) is 5.02 Å². The summed E-state index contributed by atoms with van der Waals surface area (Å²) in [6, 6.07) is 13.3. The fourth-order valence-corrected chi connectivity index (χ4v) is 3.41. The van der Waals surface area contributed by atoms with Gasteiger partial charge in [-0.2, -0.15) is 0 Å². The number of oxazole rings is 1. The summed E-state index contributed by atoms with van der Waals surface area (Å²) in [6.07, 6.45) is -0.309. The van der Waals surface area contributed by atoms with Crippen LogP contribution in [-0.2, 0) is 11.3 Å². The SMILES string of the molecule is Cc1nc(CNc2cccc(N3CCOC3=O)c2C)oc1-c1ccc(Cl)cc1. The van der Waals surface area contributed by atoms with Crippen molar-refractivity contribution in [2.75, 3.05) is 23.4 Å². The number of carbonyl (C=O) groups is 1. The Bertz CT molecular complexity index is 1010. The zero-order valence-electron chi connectivity index (χ0n) is 15.7. The monoisotopic (exact) mass is 397 g/mol. The highest BCUT2D eigenvalue weighted by atomic mass is 35.5. The summed E-state index contributed by atoms with van der Waals surface area (Å²) in [4.78, 5) is 18.0. The van der Waals surface area contributed by atoms with E-state index in [2.05, 4.69) is 10.3 Å². The molecule has 7 heteroatoms. The number of carbonyl (C=O) groups excluding carboxylic acids is 1. The van der Waals surface area contributed by atoms with E-state index in [9.17, 15) is 4.79 Å². The van der Waals surface area contributed by atoms with Gasteiger partial charge in [-0.05, 0) is 55.8 Å². The number of rotatable bonds is 5. The van der Waals surface area contributed by atoms with Gasteiger partial charge in [-0.25, -0.2) is 9.78 Å². The standard InChI is InChI=1S/C21H20ClN3O3/c1-13-17(4-3-5-18(13)25-10-11-27-21(25)26)23-12-19-24-14(2)20(28-19)15-6-8-16(22)9-7-15/h3-9,23H,10-12H2,1-2H3. The van der Waals surface area contributed by atoms with E-state index in [1.165, 1.54) is 0 Å². The molecule has 1 amide bonds. The first-order valence-electron chi connectivity index (χ1n) is 9.03. The fraction of sp³-hybridized carbons (Fsp3) is 0.238. The van der Waals surface area contributed by atoms with Crippen molar-refractivity contribution in [3.8, 4) is 11.3 Å². The number of cyclic esters (lactones) is 1. The van der Waals surface area contributed by atoms with Gasteiger partial charge in [0.1, 0.15) is 6.61 Å². The molecule has 1 aliphatic rings. The molecule has 2 heterocycles. The topological polar surface area (TPSA) is 67.6 Å². The van der Waals surface area contributed by atoms with Crippen molar-refractivity contribution in [3.05, 3.63) is 64.6 Å². The zero-order valence-corrected chi connectivity index (χ0v) is 16.4. The lowest BCUT2D eigenvalue weighted by Crippen LogP contribution is -2.24. The molecule has 6 nitrogen and oxygen atoms in total. The predicted molar refractivity (Wildman–Crippen MR) is 109 cm³/mol. The van der Waals surface area contributed by atoms with Crippen LogP contribution in [0, 0.1) is 13.8 Å². The maximum Gasteiger partial charge on any atom is 0.414 e. The van der Waals surface area contributed by atoms with Crippen LogP contribution in [0.3, 0.4) is 0 Å². The lowest BCUT2D eigenvalue weighted by Gasteiger charge is -2.18. The van der Waals surface area contributed by atoms with Crippen molar-refractivity contribution < 1.29 is 13.9 Å². The number of benzene rings is 2. The number of amides is 1. The van der Waals surface area contributed by atoms with Gasteiger partial charge in [0.15, 0.2) is 5.76 Å². The quantitative estimate of drug-likeness (QED) is 0.642. The Hall–Kier alpha value is -2.99. The average Bonchev–Trinajstić information content (AvgIpc) is 3.27. The number of nitrogens with zero attached hydrogens (tertiary/aromatic N) is 2. The van der Waals surface area contributed by atoms with Gasteiger partial charge in [0.2, 0.25) is 5.89 Å². The van der Waals surface area contributed by atoms with Crippen LogP contribution in [0.1, 0.15) is 17.1 Å². The van der Waals surface area contributed by atoms with Gasteiger partial charge in [0.25, 0.3) is 0 Å². The van der Waals surface area contributed by atoms with Crippen LogP contribution in [0.4, 0.5) is 16.2 Å². The molecule has 0 bridgehead atoms. The molecule has 1 saturated heterocycles. The van der Waals surface area contributed by atoms with Gasteiger partial charge in [-0.1, -0.05) is 17.7 Å². The minimum atomic E-state index is -0.309. The molecule has 1 N–H and O–H groups in total. The number of nitrogens with one attached hydrogen (secondary N) is 1. The molecular formula is C21H20ClN3O3. The number of aryl methyl sites for hydroxylation is 1. The minimum Gasteiger partial charge on any atom is -0.447 e. The lowest BCUT2D eigenvalue weighted by atomic mass is 10.1. The maximum absolute atomic E-state index is 11.9. The molecule has 1 aliphatic heterocycles. The van der Waals surface area contributed by atoms with Crippen LogP contribution < -0.4 is 10.2 Å². The predicted octanol–water partition coefficient (Wildman–Crippen LogP) is 5.18. The van der Waals surface area contributed by atoms with E-state index in [4.69, 9.17) is 20.8 Å². The molecule has 144 valence electrons. The van der Waals surface area contributed by atoms with Crippen molar-refractivity contribution in [2.45, 2.75) is 20.4 Å². The number of hydrogen-bond donors (Lipinski definition) is 1. The molecular weight excluding hydrogens is 378 g/mol. The molecule has 0 saturated carbocycles. The summed E-state index contributed by atoms with van der Waals surface area (Å²) < 4.78 is 11.0. The second kappa shape index (κ2) is 7.56. The van der Waals surface area contributed by atoms with Gasteiger partial charge < -0.3 is 14.5 Å². The van der Waals surface area contributed by atoms with Crippen LogP contribution in [0.25, 0.3) is 11.3 Å². The van der Waals surface area contributed by atoms with E-state index in [1.54, 1.807) is 4.90 Å². The van der Waals surface area contributed by atoms with Crippen molar-refractivity contribution in [3.63, 3.8) is 0 Å². The van der Waals surface area contributed by atoms with Gasteiger partial charge in [0, 0.05) is 16.3 Å². The third kappa shape index (κ3) is 3.55. The maximum atomic E-state index is 11.9. The largest absolute Gasteiger partial charge is 0.447 e. The first-order chi connectivity index (χ1) is 13.5. The van der Waals surface area contributed by atoms with Crippen LogP contribution in [0.15, 0.2) is 46.9 Å². The summed E-state index contributed by atoms with van der Waals surface area (Å²) in [5, 5.41) is 4.03. The summed E-state index contributed by atoms with van der Waals surface area (Å²) in [6.45, 7) is 5.31. The van der Waals surface area contributed by atoms with Crippen molar-refractivity contribution >= 4 is 29.1 Å². The zero-order chi connectivity index (χ0) is 19.7. The van der Waals surface area contributed by atoms with E-state index < -0.39 is 0 Å². The lowest BCUT2D eigenvalue weighted by molar-refractivity contribution is 0.181. The molecule has 0 aliphatic carbocycles. The number of aromatic nitrogens is 1. The Morgan fingerprint density at radius 1 is 1.18 bits per heavy atom. The number of anilines is 2. The Morgan fingerprint density at radius 3 is 2.68 bits per heavy atom. The third-order valence-electron chi connectivity index (χ3n) is 4.73. The molecule has 0 radical (unpaired) electrons. The first kappa shape index (κ1) is 18.4. The first-order valence-corrected chi connectivity index (χ1v) is 9.41. The molecule has 1 fully saturated rings. The second-order valence-electron chi connectivity index (χ2n) is 6.60. The Kier molecular flexibility index (Phi) is 4.96. The van der Waals surface area contributed by atoms with E-state index >= 15 is 0 Å². The van der Waals surface area contributed by atoms with Crippen molar-refractivity contribution in [1.82, 2.24) is 4.98 Å². The normalized spacial score (nSPS) is 13.7. The van der Waals surface area contributed by atoms with Gasteiger partial charge in [0.05, 0.1) is 24.5 Å². The van der Waals surface area contributed by atoms with Gasteiger partial charge in [-0.15, -0.1) is 0 Å². The number of hydrogen-bond acceptors (Lipinski definition) is 5. The highest BCUT2D eigenvalue weighted by Gasteiger charge is 2.25. The van der Waals surface area contributed by atoms with E-state index in [0.29, 0.717) is 30.6 Å². The Balaban J connectivity index is 1.52. The molecule has 0 spiro atoms. The smallest absolute Gasteiger partial charge is 0.414 e. The van der Waals surface area contributed by atoms with E-state index in [0.717, 1.165) is 34.0 Å². The average molecular weight is 398 g/mol. The molecule has 3 aromatic rings. The van der Waals surface area contributed by atoms with Crippen LogP contribution in [-0.4, -0.2) is 24.2 Å². The fourth-order valence-electron chi connectivity index (χ4n) is 3.29. The minimum absolute atomic E-state index is 0.309. The summed E-state index contributed by atoms with van der Waals surface area (Å²) in [7, 11) is 0. The van der Waals surface area contributed by atoms with E-state index in [1.807, 2.05) is 56.3 Å². The second-order valence-corrected chi connectivity index (χ2v) is 7.03. The molecule has 2 aromatic carbocycles. The van der Waals surface area contributed by atoms with Gasteiger partial charge >= 0.3 is 6.09 Å². The summed E-state index contributed by atoms with van der Waals surface area (Å²) in [5.74, 6) is 1.33. The van der Waals surface area contributed by atoms with Crippen molar-refractivity contribution in [1.29, 1.82) is 0 Å². The van der Waals surface area contributed by atoms with E-state index in [-0.39, 0.29) is 6.09 Å². The molecule has 0 atom stereocenters. The highest BCUT2D eigenvalue weighted by Crippen LogP contribution is 2.30. The Morgan fingerprint density at radius 2 is 1.96 bits per heavy atom. The number of halogens is 1. The summed E-state index contributed by atoms with van der Waals surface area (Å²) >= 11 is 5.96. The molecule has 0 unspecified atom stereocenters. The van der Waals surface area contributed by atoms with Gasteiger partial charge in [-0.3, -0.25) is 4.90 Å².